The van der Waals surface area contributed by atoms with Crippen molar-refractivity contribution in [2.24, 2.45) is 0 Å². The minimum Gasteiger partial charge on any atom is -0.370 e. The molecule has 0 amide bonds. The van der Waals surface area contributed by atoms with E-state index in [4.69, 9.17) is 0 Å². The molecule has 18 heavy (non-hydrogen) atoms. The summed E-state index contributed by atoms with van der Waals surface area (Å²) in [5, 5.41) is 6.54. The molecule has 0 spiro atoms. The van der Waals surface area contributed by atoms with Crippen LogP contribution in [-0.2, 0) is 10.8 Å². The molecular formula is C12H22N4OS. The lowest BCUT2D eigenvalue weighted by molar-refractivity contribution is 0.682. The number of hydrogen-bond donors (Lipinski definition) is 2. The number of aromatic nitrogens is 2. The first-order chi connectivity index (χ1) is 8.54. The van der Waals surface area contributed by atoms with Crippen molar-refractivity contribution in [2.45, 2.75) is 33.2 Å². The summed E-state index contributed by atoms with van der Waals surface area (Å²) in [6, 6.07) is 0.128. The first-order valence-electron chi connectivity index (χ1n) is 6.16. The summed E-state index contributed by atoms with van der Waals surface area (Å²) in [6.45, 7) is 6.99. The molecule has 1 aromatic rings. The van der Waals surface area contributed by atoms with Crippen LogP contribution in [0.4, 0.5) is 11.6 Å². The van der Waals surface area contributed by atoms with Gasteiger partial charge in [-0.2, -0.15) is 0 Å². The van der Waals surface area contributed by atoms with E-state index in [2.05, 4.69) is 27.5 Å². The van der Waals surface area contributed by atoms with Crippen molar-refractivity contribution in [3.05, 3.63) is 11.9 Å². The largest absolute Gasteiger partial charge is 0.370 e. The fraction of sp³-hybridized carbons (Fsp3) is 0.667. The second kappa shape index (κ2) is 7.31. The van der Waals surface area contributed by atoms with E-state index in [-0.39, 0.29) is 6.04 Å². The molecule has 6 heteroatoms. The fourth-order valence-electron chi connectivity index (χ4n) is 1.64. The summed E-state index contributed by atoms with van der Waals surface area (Å²) < 4.78 is 11.2. The summed E-state index contributed by atoms with van der Waals surface area (Å²) in [5.41, 5.74) is 1.000. The van der Waals surface area contributed by atoms with E-state index in [9.17, 15) is 4.21 Å². The normalized spacial score (nSPS) is 14.0. The lowest BCUT2D eigenvalue weighted by atomic mass is 10.2. The lowest BCUT2D eigenvalue weighted by Crippen LogP contribution is -2.23. The lowest BCUT2D eigenvalue weighted by Gasteiger charge is -2.16. The molecule has 1 rings (SSSR count). The highest BCUT2D eigenvalue weighted by Crippen LogP contribution is 2.18. The molecule has 0 aliphatic heterocycles. The van der Waals surface area contributed by atoms with E-state index in [1.54, 1.807) is 12.6 Å². The van der Waals surface area contributed by atoms with Gasteiger partial charge >= 0.3 is 0 Å². The second-order valence-corrected chi connectivity index (χ2v) is 5.89. The zero-order valence-corrected chi connectivity index (χ0v) is 12.3. The number of nitrogens with one attached hydrogen (secondary N) is 2. The number of rotatable bonds is 7. The van der Waals surface area contributed by atoms with E-state index in [1.165, 1.54) is 0 Å². The minimum absolute atomic E-state index is 0.128. The Morgan fingerprint density at radius 1 is 1.39 bits per heavy atom. The Hall–Kier alpha value is -1.17. The average molecular weight is 270 g/mol. The van der Waals surface area contributed by atoms with E-state index < -0.39 is 10.8 Å². The monoisotopic (exact) mass is 270 g/mol. The van der Waals surface area contributed by atoms with Crippen LogP contribution in [0.15, 0.2) is 6.33 Å². The van der Waals surface area contributed by atoms with Gasteiger partial charge in [0.05, 0.1) is 0 Å². The van der Waals surface area contributed by atoms with Gasteiger partial charge in [-0.25, -0.2) is 9.97 Å². The van der Waals surface area contributed by atoms with E-state index in [1.807, 2.05) is 13.8 Å². The van der Waals surface area contributed by atoms with Crippen LogP contribution in [0.25, 0.3) is 0 Å². The summed E-state index contributed by atoms with van der Waals surface area (Å²) in [5.74, 6) is 2.28. The molecule has 1 aromatic heterocycles. The predicted octanol–water partition coefficient (Wildman–Crippen LogP) is 1.79. The maximum Gasteiger partial charge on any atom is 0.134 e. The first-order valence-corrected chi connectivity index (χ1v) is 7.89. The van der Waals surface area contributed by atoms with Gasteiger partial charge in [-0.15, -0.1) is 0 Å². The molecule has 2 atom stereocenters. The van der Waals surface area contributed by atoms with Gasteiger partial charge in [0, 0.05) is 41.0 Å². The molecule has 2 N–H and O–H groups in total. The van der Waals surface area contributed by atoms with Crippen LogP contribution < -0.4 is 10.6 Å². The Morgan fingerprint density at radius 3 is 2.67 bits per heavy atom. The molecule has 0 fully saturated rings. The highest BCUT2D eigenvalue weighted by molar-refractivity contribution is 7.84. The molecule has 2 unspecified atom stereocenters. The molecule has 0 radical (unpaired) electrons. The predicted molar refractivity (Wildman–Crippen MR) is 77.6 cm³/mol. The molecular weight excluding hydrogens is 248 g/mol. The standard InChI is InChI=1S/C12H22N4OS/c1-5-6-13-11-10(3)12(15-8-14-11)16-9(2)7-18(4)17/h8-9H,5-7H2,1-4H3,(H2,13,14,15,16). The number of hydrogen-bond acceptors (Lipinski definition) is 5. The van der Waals surface area contributed by atoms with Gasteiger partial charge < -0.3 is 10.6 Å². The van der Waals surface area contributed by atoms with Crippen LogP contribution in [0.3, 0.4) is 0 Å². The van der Waals surface area contributed by atoms with Crippen LogP contribution in [0.5, 0.6) is 0 Å². The first kappa shape index (κ1) is 14.9. The molecule has 1 heterocycles. The van der Waals surface area contributed by atoms with Crippen molar-refractivity contribution in [1.29, 1.82) is 0 Å². The summed E-state index contributed by atoms with van der Waals surface area (Å²) in [6.07, 6.45) is 4.31. The van der Waals surface area contributed by atoms with Gasteiger partial charge in [-0.05, 0) is 20.3 Å². The molecule has 0 saturated heterocycles. The fourth-order valence-corrected chi connectivity index (χ4v) is 2.43. The van der Waals surface area contributed by atoms with Crippen LogP contribution in [0, 0.1) is 6.92 Å². The second-order valence-electron chi connectivity index (χ2n) is 4.41. The summed E-state index contributed by atoms with van der Waals surface area (Å²) >= 11 is 0. The van der Waals surface area contributed by atoms with Gasteiger partial charge in [0.1, 0.15) is 18.0 Å². The maximum atomic E-state index is 11.2. The smallest absolute Gasteiger partial charge is 0.134 e. The summed E-state index contributed by atoms with van der Waals surface area (Å²) in [7, 11) is -0.808. The Kier molecular flexibility index (Phi) is 6.04. The van der Waals surface area contributed by atoms with Crippen molar-refractivity contribution in [1.82, 2.24) is 9.97 Å². The SMILES string of the molecule is CCCNc1ncnc(NC(C)CS(C)=O)c1C. The number of anilines is 2. The van der Waals surface area contributed by atoms with Crippen molar-refractivity contribution < 1.29 is 4.21 Å². The average Bonchev–Trinajstić information content (AvgIpc) is 2.29. The number of nitrogens with zero attached hydrogens (tertiary/aromatic N) is 2. The van der Waals surface area contributed by atoms with Crippen molar-refractivity contribution in [3.8, 4) is 0 Å². The van der Waals surface area contributed by atoms with Crippen LogP contribution in [-0.4, -0.2) is 38.8 Å². The maximum absolute atomic E-state index is 11.2. The Labute approximate surface area is 111 Å². The minimum atomic E-state index is -0.808. The zero-order chi connectivity index (χ0) is 13.5. The van der Waals surface area contributed by atoms with Gasteiger partial charge in [0.2, 0.25) is 0 Å². The molecule has 5 nitrogen and oxygen atoms in total. The molecule has 102 valence electrons. The molecule has 0 bridgehead atoms. The molecule has 0 aromatic carbocycles. The van der Waals surface area contributed by atoms with Gasteiger partial charge in [0.15, 0.2) is 0 Å². The van der Waals surface area contributed by atoms with Gasteiger partial charge in [-0.3, -0.25) is 4.21 Å². The van der Waals surface area contributed by atoms with Crippen molar-refractivity contribution in [2.75, 3.05) is 29.2 Å². The third-order valence-electron chi connectivity index (χ3n) is 2.49. The molecule has 0 aliphatic carbocycles. The van der Waals surface area contributed by atoms with Crippen LogP contribution in [0.1, 0.15) is 25.8 Å². The Balaban J connectivity index is 2.73. The van der Waals surface area contributed by atoms with Crippen LogP contribution >= 0.6 is 0 Å². The van der Waals surface area contributed by atoms with E-state index >= 15 is 0 Å². The third kappa shape index (κ3) is 4.60. The Morgan fingerprint density at radius 2 is 2.06 bits per heavy atom. The molecule has 0 aliphatic rings. The van der Waals surface area contributed by atoms with Gasteiger partial charge in [0.25, 0.3) is 0 Å². The highest BCUT2D eigenvalue weighted by Gasteiger charge is 2.10. The third-order valence-corrected chi connectivity index (χ3v) is 3.46. The van der Waals surface area contributed by atoms with Crippen molar-refractivity contribution in [3.63, 3.8) is 0 Å². The Bertz CT molecular complexity index is 411. The highest BCUT2D eigenvalue weighted by atomic mass is 32.2. The zero-order valence-electron chi connectivity index (χ0n) is 11.5. The van der Waals surface area contributed by atoms with E-state index in [0.717, 1.165) is 30.2 Å². The summed E-state index contributed by atoms with van der Waals surface area (Å²) in [4.78, 5) is 8.46. The van der Waals surface area contributed by atoms with Crippen LogP contribution in [0.2, 0.25) is 0 Å². The van der Waals surface area contributed by atoms with Crippen molar-refractivity contribution >= 4 is 22.4 Å². The topological polar surface area (TPSA) is 66.9 Å². The quantitative estimate of drug-likeness (QED) is 0.790. The molecule has 0 saturated carbocycles. The van der Waals surface area contributed by atoms with Gasteiger partial charge in [-0.1, -0.05) is 6.92 Å². The van der Waals surface area contributed by atoms with E-state index in [0.29, 0.717) is 5.75 Å².